The molecule has 0 radical (unpaired) electrons. The van der Waals surface area contributed by atoms with Crippen LogP contribution >= 0.6 is 0 Å². The number of fused-ring (bicyclic) bond motifs is 3. The quantitative estimate of drug-likeness (QED) is 0.305. The highest BCUT2D eigenvalue weighted by atomic mass is 15.1. The molecule has 1 saturated carbocycles. The molecule has 0 atom stereocenters. The summed E-state index contributed by atoms with van der Waals surface area (Å²) in [4.78, 5) is 5.40. The Labute approximate surface area is 204 Å². The Balaban J connectivity index is 1.71. The summed E-state index contributed by atoms with van der Waals surface area (Å²) in [5.74, 6) is 2.53. The van der Waals surface area contributed by atoms with E-state index in [0.29, 0.717) is 0 Å². The molecule has 2 nitrogen and oxygen atoms in total. The first-order chi connectivity index (χ1) is 16.4. The molecule has 1 heterocycles. The maximum Gasteiger partial charge on any atom is 0.146 e. The lowest BCUT2D eigenvalue weighted by Gasteiger charge is -2.38. The third-order valence-electron chi connectivity index (χ3n) is 8.91. The smallest absolute Gasteiger partial charge is 0.146 e. The van der Waals surface area contributed by atoms with Crippen LogP contribution < -0.4 is 0 Å². The second kappa shape index (κ2) is 7.83. The van der Waals surface area contributed by atoms with Crippen molar-refractivity contribution in [2.24, 2.45) is 0 Å². The third kappa shape index (κ3) is 3.18. The molecular weight excluding hydrogens is 412 g/mol. The summed E-state index contributed by atoms with van der Waals surface area (Å²) in [5.41, 5.74) is 12.2. The average Bonchev–Trinajstić information content (AvgIpc) is 3.21. The van der Waals surface area contributed by atoms with Gasteiger partial charge in [0.15, 0.2) is 0 Å². The Morgan fingerprint density at radius 3 is 2.12 bits per heavy atom. The van der Waals surface area contributed by atoms with E-state index in [2.05, 4.69) is 93.8 Å². The highest BCUT2D eigenvalue weighted by Crippen LogP contribution is 2.51. The zero-order chi connectivity index (χ0) is 23.6. The summed E-state index contributed by atoms with van der Waals surface area (Å²) in [6, 6.07) is 20.5. The molecule has 1 fully saturated rings. The molecule has 3 aliphatic rings. The second-order valence-electron chi connectivity index (χ2n) is 11.3. The van der Waals surface area contributed by atoms with E-state index in [1.165, 1.54) is 59.1 Å². The minimum absolute atomic E-state index is 0.0820. The number of nitrogens with zero attached hydrogens (tertiary/aromatic N) is 2. The van der Waals surface area contributed by atoms with E-state index in [0.717, 1.165) is 29.6 Å². The maximum absolute atomic E-state index is 5.40. The highest BCUT2D eigenvalue weighted by Gasteiger charge is 2.34. The van der Waals surface area contributed by atoms with Gasteiger partial charge in [0, 0.05) is 5.56 Å². The first-order valence-electron chi connectivity index (χ1n) is 13.1. The van der Waals surface area contributed by atoms with Crippen LogP contribution in [0.25, 0.3) is 28.1 Å². The molecule has 0 spiro atoms. The Morgan fingerprint density at radius 2 is 1.47 bits per heavy atom. The number of para-hydroxylation sites is 1. The molecule has 3 aliphatic carbocycles. The monoisotopic (exact) mass is 448 g/mol. The zero-order valence-electron chi connectivity index (χ0n) is 21.3. The van der Waals surface area contributed by atoms with E-state index in [-0.39, 0.29) is 5.41 Å². The molecule has 0 N–H and O–H groups in total. The lowest BCUT2D eigenvalue weighted by molar-refractivity contribution is 0.359. The van der Waals surface area contributed by atoms with Crippen LogP contribution in [0, 0.1) is 13.8 Å². The van der Waals surface area contributed by atoms with Gasteiger partial charge in [-0.25, -0.2) is 4.98 Å². The predicted octanol–water partition coefficient (Wildman–Crippen LogP) is 8.75. The van der Waals surface area contributed by atoms with Crippen molar-refractivity contribution < 1.29 is 0 Å². The van der Waals surface area contributed by atoms with Crippen LogP contribution in [0.1, 0.15) is 92.5 Å². The molecule has 2 bridgehead atoms. The van der Waals surface area contributed by atoms with Gasteiger partial charge >= 0.3 is 0 Å². The number of hydrogen-bond acceptors (Lipinski definition) is 1. The van der Waals surface area contributed by atoms with Crippen LogP contribution in [0.2, 0.25) is 0 Å². The summed E-state index contributed by atoms with van der Waals surface area (Å²) in [7, 11) is 0. The molecule has 0 saturated heterocycles. The van der Waals surface area contributed by atoms with E-state index in [1.807, 2.05) is 0 Å². The van der Waals surface area contributed by atoms with E-state index in [4.69, 9.17) is 4.98 Å². The van der Waals surface area contributed by atoms with E-state index < -0.39 is 0 Å². The predicted molar refractivity (Wildman–Crippen MR) is 143 cm³/mol. The number of benzene rings is 3. The van der Waals surface area contributed by atoms with E-state index in [9.17, 15) is 0 Å². The van der Waals surface area contributed by atoms with Crippen LogP contribution in [0.5, 0.6) is 0 Å². The minimum Gasteiger partial charge on any atom is -0.292 e. The van der Waals surface area contributed by atoms with Crippen molar-refractivity contribution in [2.75, 3.05) is 0 Å². The Kier molecular flexibility index (Phi) is 4.99. The van der Waals surface area contributed by atoms with Gasteiger partial charge in [0.2, 0.25) is 0 Å². The van der Waals surface area contributed by atoms with Gasteiger partial charge in [0.25, 0.3) is 0 Å². The van der Waals surface area contributed by atoms with Gasteiger partial charge in [-0.1, -0.05) is 63.2 Å². The first kappa shape index (κ1) is 21.6. The van der Waals surface area contributed by atoms with E-state index in [1.54, 1.807) is 11.1 Å². The topological polar surface area (TPSA) is 17.8 Å². The third-order valence-corrected chi connectivity index (χ3v) is 8.91. The largest absolute Gasteiger partial charge is 0.292 e. The standard InChI is InChI=1S/C32H36N2/c1-6-32(4,5)27-13-8-7-12-24(27)31-33-28-18-25-22-14-16-23(17-15-22)26(25)19-29(28)34(31)30-20(2)10-9-11-21(30)3/h7-13,18-19,22-23H,6,14-17H2,1-5H3. The normalized spacial score (nSPS) is 19.6. The number of aryl methyl sites for hydroxylation is 2. The van der Waals surface area contributed by atoms with Crippen molar-refractivity contribution in [1.82, 2.24) is 9.55 Å². The molecule has 0 aliphatic heterocycles. The van der Waals surface area contributed by atoms with Crippen LogP contribution in [-0.4, -0.2) is 9.55 Å². The average molecular weight is 449 g/mol. The summed E-state index contributed by atoms with van der Waals surface area (Å²) in [5, 5.41) is 0. The molecule has 3 aromatic carbocycles. The first-order valence-corrected chi connectivity index (χ1v) is 13.1. The Hall–Kier alpha value is -2.87. The minimum atomic E-state index is 0.0820. The van der Waals surface area contributed by atoms with Crippen molar-refractivity contribution in [2.45, 2.75) is 84.0 Å². The number of rotatable bonds is 4. The fourth-order valence-corrected chi connectivity index (χ4v) is 6.60. The van der Waals surface area contributed by atoms with Crippen molar-refractivity contribution in [3.63, 3.8) is 0 Å². The number of imidazole rings is 1. The lowest BCUT2D eigenvalue weighted by atomic mass is 9.67. The summed E-state index contributed by atoms with van der Waals surface area (Å²) in [6.07, 6.45) is 6.48. The van der Waals surface area contributed by atoms with Gasteiger partial charge in [-0.05, 0) is 103 Å². The zero-order valence-corrected chi connectivity index (χ0v) is 21.3. The molecule has 7 rings (SSSR count). The van der Waals surface area contributed by atoms with Gasteiger partial charge in [0.05, 0.1) is 16.7 Å². The van der Waals surface area contributed by atoms with Gasteiger partial charge in [-0.15, -0.1) is 0 Å². The highest BCUT2D eigenvalue weighted by molar-refractivity contribution is 5.86. The number of hydrogen-bond donors (Lipinski definition) is 0. The van der Waals surface area contributed by atoms with E-state index >= 15 is 0 Å². The molecule has 2 heteroatoms. The van der Waals surface area contributed by atoms with Gasteiger partial charge in [0.1, 0.15) is 5.82 Å². The molecule has 174 valence electrons. The van der Waals surface area contributed by atoms with Gasteiger partial charge < -0.3 is 0 Å². The maximum atomic E-state index is 5.40. The van der Waals surface area contributed by atoms with Gasteiger partial charge in [-0.3, -0.25) is 4.57 Å². The van der Waals surface area contributed by atoms with Crippen LogP contribution in [0.4, 0.5) is 0 Å². The fraction of sp³-hybridized carbons (Fsp3) is 0.406. The fourth-order valence-electron chi connectivity index (χ4n) is 6.60. The lowest BCUT2D eigenvalue weighted by Crippen LogP contribution is -2.21. The van der Waals surface area contributed by atoms with Crippen molar-refractivity contribution >= 4 is 11.0 Å². The van der Waals surface area contributed by atoms with Crippen LogP contribution in [-0.2, 0) is 5.41 Å². The Bertz CT molecular complexity index is 1380. The SMILES string of the molecule is CCC(C)(C)c1ccccc1-c1nc2cc3c(cc2n1-c1c(C)cccc1C)C1CCC3CC1. The summed E-state index contributed by atoms with van der Waals surface area (Å²) < 4.78 is 2.48. The molecule has 1 aromatic heterocycles. The summed E-state index contributed by atoms with van der Waals surface area (Å²) >= 11 is 0. The molecule has 0 unspecified atom stereocenters. The molecule has 0 amide bonds. The van der Waals surface area contributed by atoms with Crippen molar-refractivity contribution in [3.05, 3.63) is 82.4 Å². The Morgan fingerprint density at radius 1 is 0.853 bits per heavy atom. The van der Waals surface area contributed by atoms with Crippen molar-refractivity contribution in [1.29, 1.82) is 0 Å². The van der Waals surface area contributed by atoms with Gasteiger partial charge in [-0.2, -0.15) is 0 Å². The summed E-state index contributed by atoms with van der Waals surface area (Å²) in [6.45, 7) is 11.5. The number of aromatic nitrogens is 2. The molecule has 34 heavy (non-hydrogen) atoms. The second-order valence-corrected chi connectivity index (χ2v) is 11.3. The van der Waals surface area contributed by atoms with Crippen LogP contribution in [0.15, 0.2) is 54.6 Å². The van der Waals surface area contributed by atoms with Crippen LogP contribution in [0.3, 0.4) is 0 Å². The molecular formula is C32H36N2. The molecule has 4 aromatic rings. The van der Waals surface area contributed by atoms with Crippen molar-refractivity contribution in [3.8, 4) is 17.1 Å².